The first kappa shape index (κ1) is 20.0. The van der Waals surface area contributed by atoms with E-state index in [4.69, 9.17) is 0 Å². The summed E-state index contributed by atoms with van der Waals surface area (Å²) in [6, 6.07) is 5.75. The first-order valence-electron chi connectivity index (χ1n) is 9.73. The number of likely N-dealkylation sites (tertiary alicyclic amines) is 1. The second-order valence-electron chi connectivity index (χ2n) is 7.97. The number of imide groups is 1. The van der Waals surface area contributed by atoms with E-state index in [1.165, 1.54) is 11.8 Å². The minimum absolute atomic E-state index is 0.0555. The van der Waals surface area contributed by atoms with E-state index >= 15 is 0 Å². The number of carbonyl (C=O) groups excluding carboxylic acids is 4. The highest BCUT2D eigenvalue weighted by Crippen LogP contribution is 2.37. The molecule has 1 aliphatic carbocycles. The standard InChI is InChI=1S/C22H26N2O4/c1-13(2)12-19(20(26)23-16-10-8-15(9-11-16)14(3)25)24-21(27)17-6-4-5-7-18(17)22(24)28/h4-5,8-11,13,17-19H,6-7,12H2,1-3H3,(H,23,26). The Bertz CT molecular complexity index is 799. The Morgan fingerprint density at radius 1 is 1.04 bits per heavy atom. The summed E-state index contributed by atoms with van der Waals surface area (Å²) in [4.78, 5) is 51.4. The van der Waals surface area contributed by atoms with Crippen molar-refractivity contribution in [3.8, 4) is 0 Å². The van der Waals surface area contributed by atoms with Crippen molar-refractivity contribution in [3.05, 3.63) is 42.0 Å². The summed E-state index contributed by atoms with van der Waals surface area (Å²) in [5.41, 5.74) is 1.08. The molecule has 3 amide bonds. The molecule has 3 atom stereocenters. The highest BCUT2D eigenvalue weighted by atomic mass is 16.2. The van der Waals surface area contributed by atoms with E-state index in [0.717, 1.165) is 0 Å². The largest absolute Gasteiger partial charge is 0.324 e. The van der Waals surface area contributed by atoms with Crippen molar-refractivity contribution in [2.24, 2.45) is 17.8 Å². The van der Waals surface area contributed by atoms with Gasteiger partial charge >= 0.3 is 0 Å². The van der Waals surface area contributed by atoms with E-state index in [-0.39, 0.29) is 41.3 Å². The number of hydrogen-bond acceptors (Lipinski definition) is 4. The Hall–Kier alpha value is -2.76. The molecule has 2 aliphatic rings. The zero-order valence-corrected chi connectivity index (χ0v) is 16.5. The first-order chi connectivity index (χ1) is 13.3. The van der Waals surface area contributed by atoms with Crippen molar-refractivity contribution < 1.29 is 19.2 Å². The quantitative estimate of drug-likeness (QED) is 0.465. The lowest BCUT2D eigenvalue weighted by Gasteiger charge is -2.27. The van der Waals surface area contributed by atoms with Crippen LogP contribution in [0.2, 0.25) is 0 Å². The van der Waals surface area contributed by atoms with Crippen molar-refractivity contribution in [2.45, 2.75) is 46.1 Å². The summed E-state index contributed by atoms with van der Waals surface area (Å²) in [5.74, 6) is -1.49. The van der Waals surface area contributed by atoms with Crippen LogP contribution in [0.4, 0.5) is 5.69 Å². The van der Waals surface area contributed by atoms with Crippen LogP contribution in [-0.4, -0.2) is 34.4 Å². The van der Waals surface area contributed by atoms with Crippen molar-refractivity contribution in [3.63, 3.8) is 0 Å². The molecule has 148 valence electrons. The van der Waals surface area contributed by atoms with Gasteiger partial charge in [0.2, 0.25) is 17.7 Å². The fraction of sp³-hybridized carbons (Fsp3) is 0.455. The number of allylic oxidation sites excluding steroid dienone is 2. The summed E-state index contributed by atoms with van der Waals surface area (Å²) >= 11 is 0. The van der Waals surface area contributed by atoms with Crippen LogP contribution in [0.3, 0.4) is 0 Å². The normalized spacial score (nSPS) is 22.4. The summed E-state index contributed by atoms with van der Waals surface area (Å²) < 4.78 is 0. The molecule has 0 aromatic heterocycles. The average Bonchev–Trinajstić information content (AvgIpc) is 2.91. The molecule has 0 radical (unpaired) electrons. The van der Waals surface area contributed by atoms with Gasteiger partial charge in [0.25, 0.3) is 0 Å². The van der Waals surface area contributed by atoms with E-state index in [9.17, 15) is 19.2 Å². The number of anilines is 1. The number of nitrogens with zero attached hydrogens (tertiary/aromatic N) is 1. The number of amides is 3. The predicted octanol–water partition coefficient (Wildman–Crippen LogP) is 3.19. The van der Waals surface area contributed by atoms with Crippen molar-refractivity contribution >= 4 is 29.2 Å². The van der Waals surface area contributed by atoms with Gasteiger partial charge in [-0.15, -0.1) is 0 Å². The second kappa shape index (κ2) is 8.09. The van der Waals surface area contributed by atoms with Crippen LogP contribution in [0, 0.1) is 17.8 Å². The van der Waals surface area contributed by atoms with E-state index in [1.807, 2.05) is 26.0 Å². The summed E-state index contributed by atoms with van der Waals surface area (Å²) in [6.45, 7) is 5.40. The Morgan fingerprint density at radius 3 is 2.04 bits per heavy atom. The maximum Gasteiger partial charge on any atom is 0.247 e. The molecule has 3 unspecified atom stereocenters. The molecule has 1 aromatic rings. The Labute approximate surface area is 165 Å². The van der Waals surface area contributed by atoms with Crippen LogP contribution in [-0.2, 0) is 14.4 Å². The topological polar surface area (TPSA) is 83.6 Å². The van der Waals surface area contributed by atoms with Crippen LogP contribution in [0.25, 0.3) is 0 Å². The third-order valence-electron chi connectivity index (χ3n) is 5.41. The van der Waals surface area contributed by atoms with E-state index in [0.29, 0.717) is 30.5 Å². The van der Waals surface area contributed by atoms with E-state index in [1.54, 1.807) is 24.3 Å². The number of carbonyl (C=O) groups is 4. The minimum atomic E-state index is -0.835. The maximum absolute atomic E-state index is 13.0. The number of benzene rings is 1. The third kappa shape index (κ3) is 3.91. The summed E-state index contributed by atoms with van der Waals surface area (Å²) in [5, 5.41) is 2.80. The number of fused-ring (bicyclic) bond motifs is 1. The van der Waals surface area contributed by atoms with Gasteiger partial charge in [0, 0.05) is 11.3 Å². The first-order valence-corrected chi connectivity index (χ1v) is 9.73. The smallest absolute Gasteiger partial charge is 0.247 e. The summed E-state index contributed by atoms with van der Waals surface area (Å²) in [7, 11) is 0. The van der Waals surface area contributed by atoms with Crippen molar-refractivity contribution in [2.75, 3.05) is 5.32 Å². The van der Waals surface area contributed by atoms with Crippen molar-refractivity contribution in [1.82, 2.24) is 4.90 Å². The van der Waals surface area contributed by atoms with Gasteiger partial charge in [0.1, 0.15) is 6.04 Å². The molecule has 1 fully saturated rings. The molecule has 0 spiro atoms. The molecule has 0 bridgehead atoms. The molecule has 6 nitrogen and oxygen atoms in total. The predicted molar refractivity (Wildman–Crippen MR) is 106 cm³/mol. The summed E-state index contributed by atoms with van der Waals surface area (Å²) in [6.07, 6.45) is 5.37. The molecule has 1 N–H and O–H groups in total. The van der Waals surface area contributed by atoms with Gasteiger partial charge in [-0.1, -0.05) is 26.0 Å². The molecule has 1 aromatic carbocycles. The lowest BCUT2D eigenvalue weighted by atomic mass is 9.85. The fourth-order valence-electron chi connectivity index (χ4n) is 3.92. The van der Waals surface area contributed by atoms with Gasteiger partial charge in [-0.3, -0.25) is 24.1 Å². The van der Waals surface area contributed by atoms with Gasteiger partial charge < -0.3 is 5.32 Å². The van der Waals surface area contributed by atoms with Crippen LogP contribution >= 0.6 is 0 Å². The maximum atomic E-state index is 13.0. The number of hydrogen-bond donors (Lipinski definition) is 1. The third-order valence-corrected chi connectivity index (χ3v) is 5.41. The molecule has 1 saturated heterocycles. The van der Waals surface area contributed by atoms with Gasteiger partial charge in [0.05, 0.1) is 11.8 Å². The molecule has 28 heavy (non-hydrogen) atoms. The SMILES string of the molecule is CC(=O)c1ccc(NC(=O)C(CC(C)C)N2C(=O)C3CC=CCC3C2=O)cc1. The molecular formula is C22H26N2O4. The Balaban J connectivity index is 1.81. The average molecular weight is 382 g/mol. The fourth-order valence-corrected chi connectivity index (χ4v) is 3.92. The molecule has 1 aliphatic heterocycles. The highest BCUT2D eigenvalue weighted by Gasteiger charge is 2.51. The monoisotopic (exact) mass is 382 g/mol. The van der Waals surface area contributed by atoms with Crippen LogP contribution in [0.15, 0.2) is 36.4 Å². The van der Waals surface area contributed by atoms with Gasteiger partial charge in [0.15, 0.2) is 5.78 Å². The van der Waals surface area contributed by atoms with Gasteiger partial charge in [-0.05, 0) is 56.4 Å². The number of rotatable bonds is 6. The van der Waals surface area contributed by atoms with Crippen LogP contribution in [0.1, 0.15) is 50.4 Å². The van der Waals surface area contributed by atoms with Gasteiger partial charge in [-0.25, -0.2) is 0 Å². The molecular weight excluding hydrogens is 356 g/mol. The molecule has 3 rings (SSSR count). The molecule has 6 heteroatoms. The lowest BCUT2D eigenvalue weighted by molar-refractivity contribution is -0.147. The number of ketones is 1. The van der Waals surface area contributed by atoms with E-state index < -0.39 is 6.04 Å². The van der Waals surface area contributed by atoms with Crippen LogP contribution in [0.5, 0.6) is 0 Å². The Kier molecular flexibility index (Phi) is 5.77. The number of nitrogens with one attached hydrogen (secondary N) is 1. The highest BCUT2D eigenvalue weighted by molar-refractivity contribution is 6.10. The second-order valence-corrected chi connectivity index (χ2v) is 7.97. The zero-order valence-electron chi connectivity index (χ0n) is 16.5. The molecule has 1 heterocycles. The minimum Gasteiger partial charge on any atom is -0.324 e. The van der Waals surface area contributed by atoms with E-state index in [2.05, 4.69) is 5.32 Å². The Morgan fingerprint density at radius 2 is 1.57 bits per heavy atom. The van der Waals surface area contributed by atoms with Crippen molar-refractivity contribution in [1.29, 1.82) is 0 Å². The lowest BCUT2D eigenvalue weighted by Crippen LogP contribution is -2.48. The zero-order chi connectivity index (χ0) is 20.4. The van der Waals surface area contributed by atoms with Crippen LogP contribution < -0.4 is 5.32 Å². The van der Waals surface area contributed by atoms with Gasteiger partial charge in [-0.2, -0.15) is 0 Å². The molecule has 0 saturated carbocycles. The number of Topliss-reactive ketones (excluding diaryl/α,β-unsaturated/α-hetero) is 1.